The number of nitrogens with two attached hydrogens (primary N) is 1. The predicted molar refractivity (Wildman–Crippen MR) is 71.3 cm³/mol. The average Bonchev–Trinajstić information content (AvgIpc) is 2.33. The first-order valence-electron chi connectivity index (χ1n) is 5.50. The summed E-state index contributed by atoms with van der Waals surface area (Å²) in [6.45, 7) is 1.90. The monoisotopic (exact) mass is 265 g/mol. The van der Waals surface area contributed by atoms with Gasteiger partial charge in [0.2, 0.25) is 0 Å². The minimum atomic E-state index is -0.343. The largest absolute Gasteiger partial charge is 0.486 e. The third kappa shape index (κ3) is 2.74. The summed E-state index contributed by atoms with van der Waals surface area (Å²) in [4.78, 5) is 0. The smallest absolute Gasteiger partial charge is 0.167 e. The zero-order valence-electron chi connectivity index (χ0n) is 9.91. The van der Waals surface area contributed by atoms with Crippen LogP contribution in [0.3, 0.4) is 0 Å². The number of benzene rings is 2. The number of nitrogen functional groups attached to an aromatic ring is 1. The Morgan fingerprint density at radius 1 is 1.28 bits per heavy atom. The van der Waals surface area contributed by atoms with Crippen molar-refractivity contribution in [2.24, 2.45) is 0 Å². The summed E-state index contributed by atoms with van der Waals surface area (Å²) in [5.74, 6) is -0.116. The number of anilines is 1. The van der Waals surface area contributed by atoms with Crippen molar-refractivity contribution in [2.75, 3.05) is 5.73 Å². The van der Waals surface area contributed by atoms with Gasteiger partial charge in [0.05, 0.1) is 0 Å². The fraction of sp³-hybridized carbons (Fsp3) is 0.143. The highest BCUT2D eigenvalue weighted by molar-refractivity contribution is 6.30. The second-order valence-corrected chi connectivity index (χ2v) is 4.46. The third-order valence-corrected chi connectivity index (χ3v) is 2.88. The maximum absolute atomic E-state index is 13.7. The number of ether oxygens (including phenoxy) is 1. The molecule has 2 aromatic carbocycles. The van der Waals surface area contributed by atoms with Crippen molar-refractivity contribution in [2.45, 2.75) is 13.5 Å². The molecular weight excluding hydrogens is 253 g/mol. The van der Waals surface area contributed by atoms with E-state index >= 15 is 0 Å². The Bertz CT molecular complexity index is 572. The maximum atomic E-state index is 13.7. The van der Waals surface area contributed by atoms with Gasteiger partial charge in [-0.15, -0.1) is 0 Å². The summed E-state index contributed by atoms with van der Waals surface area (Å²) in [6, 6.07) is 10.2. The lowest BCUT2D eigenvalue weighted by molar-refractivity contribution is 0.290. The summed E-state index contributed by atoms with van der Waals surface area (Å²) in [5, 5.41) is 0.568. The molecule has 0 saturated carbocycles. The van der Waals surface area contributed by atoms with Crippen LogP contribution in [0.1, 0.15) is 11.1 Å². The molecule has 2 nitrogen and oxygen atoms in total. The molecule has 94 valence electrons. The predicted octanol–water partition coefficient (Wildman–Crippen LogP) is 3.95. The minimum Gasteiger partial charge on any atom is -0.486 e. The fourth-order valence-corrected chi connectivity index (χ4v) is 1.77. The Labute approximate surface area is 110 Å². The Kier molecular flexibility index (Phi) is 3.72. The van der Waals surface area contributed by atoms with Crippen LogP contribution in [0.4, 0.5) is 10.1 Å². The Balaban J connectivity index is 2.14. The summed E-state index contributed by atoms with van der Waals surface area (Å²) in [7, 11) is 0. The van der Waals surface area contributed by atoms with Gasteiger partial charge in [0.25, 0.3) is 0 Å². The molecule has 0 spiro atoms. The fourth-order valence-electron chi connectivity index (χ4n) is 1.58. The van der Waals surface area contributed by atoms with Gasteiger partial charge in [0.15, 0.2) is 11.6 Å². The molecule has 0 saturated heterocycles. The van der Waals surface area contributed by atoms with E-state index in [9.17, 15) is 4.39 Å². The van der Waals surface area contributed by atoms with E-state index in [0.717, 1.165) is 5.56 Å². The lowest BCUT2D eigenvalue weighted by atomic mass is 10.2. The van der Waals surface area contributed by atoms with E-state index in [-0.39, 0.29) is 18.2 Å². The third-order valence-electron chi connectivity index (χ3n) is 2.65. The molecule has 0 aliphatic heterocycles. The van der Waals surface area contributed by atoms with Crippen LogP contribution in [0, 0.1) is 12.7 Å². The zero-order valence-corrected chi connectivity index (χ0v) is 10.7. The first-order valence-corrected chi connectivity index (χ1v) is 5.87. The number of rotatable bonds is 3. The lowest BCUT2D eigenvalue weighted by Gasteiger charge is -2.10. The molecule has 0 radical (unpaired) electrons. The van der Waals surface area contributed by atoms with Gasteiger partial charge < -0.3 is 10.5 Å². The molecule has 0 fully saturated rings. The van der Waals surface area contributed by atoms with Crippen molar-refractivity contribution in [1.82, 2.24) is 0 Å². The van der Waals surface area contributed by atoms with E-state index in [2.05, 4.69) is 0 Å². The number of hydrogen-bond acceptors (Lipinski definition) is 2. The average molecular weight is 266 g/mol. The Hall–Kier alpha value is -1.74. The normalized spacial score (nSPS) is 10.4. The molecule has 2 aromatic rings. The Morgan fingerprint density at radius 3 is 2.78 bits per heavy atom. The highest BCUT2D eigenvalue weighted by atomic mass is 35.5. The standard InChI is InChI=1S/C14H13ClFNO/c1-9-3-2-4-13(14(9)16)18-8-10-5-6-11(15)7-12(10)17/h2-7H,8,17H2,1H3. The van der Waals surface area contributed by atoms with Crippen LogP contribution >= 0.6 is 11.6 Å². The number of hydrogen-bond donors (Lipinski definition) is 1. The van der Waals surface area contributed by atoms with Gasteiger partial charge in [-0.05, 0) is 30.7 Å². The molecule has 0 aromatic heterocycles. The van der Waals surface area contributed by atoms with Crippen LogP contribution in [-0.2, 0) is 6.61 Å². The van der Waals surface area contributed by atoms with E-state index in [4.69, 9.17) is 22.1 Å². The van der Waals surface area contributed by atoms with Gasteiger partial charge >= 0.3 is 0 Å². The second-order valence-electron chi connectivity index (χ2n) is 4.02. The molecule has 0 heterocycles. The van der Waals surface area contributed by atoms with E-state index < -0.39 is 0 Å². The molecule has 0 bridgehead atoms. The van der Waals surface area contributed by atoms with Gasteiger partial charge in [0, 0.05) is 16.3 Å². The first kappa shape index (κ1) is 12.7. The SMILES string of the molecule is Cc1cccc(OCc2ccc(Cl)cc2N)c1F. The second kappa shape index (κ2) is 5.27. The van der Waals surface area contributed by atoms with E-state index in [1.807, 2.05) is 0 Å². The van der Waals surface area contributed by atoms with Crippen LogP contribution < -0.4 is 10.5 Å². The van der Waals surface area contributed by atoms with Gasteiger partial charge in [0.1, 0.15) is 6.61 Å². The number of aryl methyl sites for hydroxylation is 1. The first-order chi connectivity index (χ1) is 8.58. The molecule has 0 amide bonds. The van der Waals surface area contributed by atoms with E-state index in [1.165, 1.54) is 0 Å². The van der Waals surface area contributed by atoms with Crippen molar-refractivity contribution in [3.8, 4) is 5.75 Å². The quantitative estimate of drug-likeness (QED) is 0.853. The summed E-state index contributed by atoms with van der Waals surface area (Å²) in [5.41, 5.74) is 7.66. The summed E-state index contributed by atoms with van der Waals surface area (Å²) in [6.07, 6.45) is 0. The van der Waals surface area contributed by atoms with Crippen molar-refractivity contribution < 1.29 is 9.13 Å². The number of halogens is 2. The highest BCUT2D eigenvalue weighted by Crippen LogP contribution is 2.23. The zero-order chi connectivity index (χ0) is 13.1. The van der Waals surface area contributed by atoms with Gasteiger partial charge in [-0.25, -0.2) is 4.39 Å². The highest BCUT2D eigenvalue weighted by Gasteiger charge is 2.07. The van der Waals surface area contributed by atoms with Crippen molar-refractivity contribution in [1.29, 1.82) is 0 Å². The maximum Gasteiger partial charge on any atom is 0.167 e. The van der Waals surface area contributed by atoms with Crippen LogP contribution in [0.2, 0.25) is 5.02 Å². The van der Waals surface area contributed by atoms with Crippen LogP contribution in [0.25, 0.3) is 0 Å². The molecular formula is C14H13ClFNO. The van der Waals surface area contributed by atoms with Crippen LogP contribution in [-0.4, -0.2) is 0 Å². The summed E-state index contributed by atoms with van der Waals surface area (Å²) >= 11 is 5.80. The molecule has 0 aliphatic rings. The molecule has 0 aliphatic carbocycles. The van der Waals surface area contributed by atoms with Crippen molar-refractivity contribution >= 4 is 17.3 Å². The lowest BCUT2D eigenvalue weighted by Crippen LogP contribution is -2.01. The van der Waals surface area contributed by atoms with E-state index in [0.29, 0.717) is 16.3 Å². The molecule has 2 N–H and O–H groups in total. The summed E-state index contributed by atoms with van der Waals surface area (Å²) < 4.78 is 19.1. The van der Waals surface area contributed by atoms with Gasteiger partial charge in [-0.2, -0.15) is 0 Å². The molecule has 0 atom stereocenters. The topological polar surface area (TPSA) is 35.2 Å². The van der Waals surface area contributed by atoms with Gasteiger partial charge in [-0.1, -0.05) is 29.8 Å². The Morgan fingerprint density at radius 2 is 2.06 bits per heavy atom. The molecule has 18 heavy (non-hydrogen) atoms. The van der Waals surface area contributed by atoms with Crippen LogP contribution in [0.5, 0.6) is 5.75 Å². The molecule has 0 unspecified atom stereocenters. The van der Waals surface area contributed by atoms with Crippen LogP contribution in [0.15, 0.2) is 36.4 Å². The van der Waals surface area contributed by atoms with Crippen molar-refractivity contribution in [3.63, 3.8) is 0 Å². The van der Waals surface area contributed by atoms with Gasteiger partial charge in [-0.3, -0.25) is 0 Å². The molecule has 4 heteroatoms. The van der Waals surface area contributed by atoms with E-state index in [1.54, 1.807) is 43.3 Å². The minimum absolute atomic E-state index is 0.212. The molecule has 2 rings (SSSR count). The van der Waals surface area contributed by atoms with Crippen molar-refractivity contribution in [3.05, 3.63) is 58.4 Å².